The third kappa shape index (κ3) is 4.15. The third-order valence-corrected chi connectivity index (χ3v) is 6.03. The molecule has 5 nitrogen and oxygen atoms in total. The second-order valence-corrected chi connectivity index (χ2v) is 8.10. The van der Waals surface area contributed by atoms with Crippen molar-refractivity contribution in [2.75, 3.05) is 5.73 Å². The van der Waals surface area contributed by atoms with Gasteiger partial charge in [-0.3, -0.25) is 9.78 Å². The number of carbonyl (C=O) groups excluding carboxylic acids is 1. The summed E-state index contributed by atoms with van der Waals surface area (Å²) in [6, 6.07) is 10.2. The van der Waals surface area contributed by atoms with Gasteiger partial charge in [0.05, 0.1) is 11.2 Å². The van der Waals surface area contributed by atoms with Crippen molar-refractivity contribution in [1.82, 2.24) is 9.97 Å². The third-order valence-electron chi connectivity index (χ3n) is 6.03. The molecule has 1 aliphatic carbocycles. The van der Waals surface area contributed by atoms with Gasteiger partial charge in [0.1, 0.15) is 5.69 Å². The van der Waals surface area contributed by atoms with Crippen molar-refractivity contribution in [1.29, 1.82) is 0 Å². The molecule has 1 aliphatic rings. The molecule has 0 radical (unpaired) electrons. The van der Waals surface area contributed by atoms with Gasteiger partial charge in [0, 0.05) is 30.2 Å². The summed E-state index contributed by atoms with van der Waals surface area (Å²) in [5.41, 5.74) is 17.3. The molecule has 3 aromatic rings. The Labute approximate surface area is 171 Å². The Balaban J connectivity index is 1.64. The summed E-state index contributed by atoms with van der Waals surface area (Å²) in [4.78, 5) is 22.0. The zero-order valence-electron chi connectivity index (χ0n) is 16.9. The number of Topliss-reactive ketones (excluding diaryl/α,β-unsaturated/α-hetero) is 1. The van der Waals surface area contributed by atoms with Gasteiger partial charge in [-0.15, -0.1) is 0 Å². The van der Waals surface area contributed by atoms with E-state index < -0.39 is 0 Å². The number of nitrogens with two attached hydrogens (primary N) is 2. The molecule has 2 aromatic heterocycles. The van der Waals surface area contributed by atoms with Gasteiger partial charge in [-0.05, 0) is 66.5 Å². The molecule has 1 fully saturated rings. The summed E-state index contributed by atoms with van der Waals surface area (Å²) >= 11 is 0. The standard InChI is InChI=1S/C24H28N4O/c1-2-15-6-7-17-12-21(26)24(28-22(17)10-15)23(29)13-18-14-27-9-8-20(18)16-4-3-5-19(25)11-16/h6-10,12,14,16,19H,2-5,11,13,25-26H2,1H3. The first-order valence-electron chi connectivity index (χ1n) is 10.5. The van der Waals surface area contributed by atoms with Crippen molar-refractivity contribution >= 4 is 22.4 Å². The largest absolute Gasteiger partial charge is 0.397 e. The molecule has 2 unspecified atom stereocenters. The predicted molar refractivity (Wildman–Crippen MR) is 117 cm³/mol. The van der Waals surface area contributed by atoms with Gasteiger partial charge < -0.3 is 11.5 Å². The number of aryl methyl sites for hydroxylation is 1. The van der Waals surface area contributed by atoms with Gasteiger partial charge in [-0.1, -0.05) is 25.5 Å². The molecule has 29 heavy (non-hydrogen) atoms. The van der Waals surface area contributed by atoms with E-state index in [1.807, 2.05) is 24.3 Å². The van der Waals surface area contributed by atoms with E-state index in [-0.39, 0.29) is 18.2 Å². The summed E-state index contributed by atoms with van der Waals surface area (Å²) in [7, 11) is 0. The SMILES string of the molecule is CCc1ccc2cc(N)c(C(=O)Cc3cnccc3C3CCCC(N)C3)nc2c1. The van der Waals surface area contributed by atoms with Crippen molar-refractivity contribution in [3.8, 4) is 0 Å². The molecule has 0 aliphatic heterocycles. The fraction of sp³-hybridized carbons (Fsp3) is 0.375. The van der Waals surface area contributed by atoms with E-state index in [0.29, 0.717) is 17.3 Å². The average molecular weight is 389 g/mol. The maximum atomic E-state index is 13.1. The first-order valence-corrected chi connectivity index (χ1v) is 10.5. The van der Waals surface area contributed by atoms with Gasteiger partial charge >= 0.3 is 0 Å². The molecule has 2 heterocycles. The molecule has 1 aromatic carbocycles. The minimum Gasteiger partial charge on any atom is -0.397 e. The molecular formula is C24H28N4O. The summed E-state index contributed by atoms with van der Waals surface area (Å²) in [6.07, 6.45) is 9.06. The molecule has 2 atom stereocenters. The Bertz CT molecular complexity index is 1050. The molecule has 5 heteroatoms. The summed E-state index contributed by atoms with van der Waals surface area (Å²) < 4.78 is 0. The van der Waals surface area contributed by atoms with Crippen molar-refractivity contribution in [2.24, 2.45) is 5.73 Å². The minimum atomic E-state index is -0.0688. The van der Waals surface area contributed by atoms with Crippen LogP contribution in [0.2, 0.25) is 0 Å². The number of hydrogen-bond acceptors (Lipinski definition) is 5. The zero-order valence-corrected chi connectivity index (χ0v) is 16.9. The number of fused-ring (bicyclic) bond motifs is 1. The van der Waals surface area contributed by atoms with Crippen molar-refractivity contribution in [2.45, 2.75) is 57.4 Å². The Hall–Kier alpha value is -2.79. The highest BCUT2D eigenvalue weighted by Crippen LogP contribution is 2.34. The number of aromatic nitrogens is 2. The maximum absolute atomic E-state index is 13.1. The van der Waals surface area contributed by atoms with Crippen molar-refractivity contribution < 1.29 is 4.79 Å². The topological polar surface area (TPSA) is 94.9 Å². The quantitative estimate of drug-likeness (QED) is 0.639. The predicted octanol–water partition coefficient (Wildman–Crippen LogP) is 4.18. The zero-order chi connectivity index (χ0) is 20.4. The Kier molecular flexibility index (Phi) is 5.58. The highest BCUT2D eigenvalue weighted by molar-refractivity contribution is 6.02. The lowest BCUT2D eigenvalue weighted by Gasteiger charge is -2.28. The van der Waals surface area contributed by atoms with Gasteiger partial charge in [0.15, 0.2) is 5.78 Å². The lowest BCUT2D eigenvalue weighted by Crippen LogP contribution is -2.27. The van der Waals surface area contributed by atoms with Gasteiger partial charge in [0.25, 0.3) is 0 Å². The smallest absolute Gasteiger partial charge is 0.187 e. The molecule has 1 saturated carbocycles. The summed E-state index contributed by atoms with van der Waals surface area (Å²) in [6.45, 7) is 2.10. The van der Waals surface area contributed by atoms with Gasteiger partial charge in [-0.2, -0.15) is 0 Å². The molecule has 0 saturated heterocycles. The second kappa shape index (κ2) is 8.29. The van der Waals surface area contributed by atoms with E-state index in [1.165, 1.54) is 11.1 Å². The number of nitrogen functional groups attached to an aromatic ring is 1. The van der Waals surface area contributed by atoms with E-state index in [1.54, 1.807) is 12.4 Å². The van der Waals surface area contributed by atoms with E-state index in [4.69, 9.17) is 11.5 Å². The fourth-order valence-corrected chi connectivity index (χ4v) is 4.42. The monoisotopic (exact) mass is 388 g/mol. The first kappa shape index (κ1) is 19.5. The minimum absolute atomic E-state index is 0.0688. The van der Waals surface area contributed by atoms with E-state index >= 15 is 0 Å². The van der Waals surface area contributed by atoms with E-state index in [2.05, 4.69) is 23.0 Å². The molecule has 4 N–H and O–H groups in total. The number of hydrogen-bond donors (Lipinski definition) is 2. The number of carbonyl (C=O) groups is 1. The highest BCUT2D eigenvalue weighted by Gasteiger charge is 2.24. The number of anilines is 1. The molecule has 0 amide bonds. The summed E-state index contributed by atoms with van der Waals surface area (Å²) in [5.74, 6) is 0.319. The second-order valence-electron chi connectivity index (χ2n) is 8.10. The maximum Gasteiger partial charge on any atom is 0.187 e. The van der Waals surface area contributed by atoms with Gasteiger partial charge in [0.2, 0.25) is 0 Å². The van der Waals surface area contributed by atoms with Crippen LogP contribution in [0.4, 0.5) is 5.69 Å². The number of rotatable bonds is 5. The van der Waals surface area contributed by atoms with Crippen LogP contribution < -0.4 is 11.5 Å². The Morgan fingerprint density at radius 3 is 2.86 bits per heavy atom. The van der Waals surface area contributed by atoms with Crippen molar-refractivity contribution in [3.05, 3.63) is 65.1 Å². The molecular weight excluding hydrogens is 360 g/mol. The first-order chi connectivity index (χ1) is 14.0. The number of pyridine rings is 2. The van der Waals surface area contributed by atoms with Gasteiger partial charge in [-0.25, -0.2) is 4.98 Å². The fourth-order valence-electron chi connectivity index (χ4n) is 4.42. The normalized spacial score (nSPS) is 19.4. The van der Waals surface area contributed by atoms with Crippen molar-refractivity contribution in [3.63, 3.8) is 0 Å². The van der Waals surface area contributed by atoms with Crippen LogP contribution in [-0.4, -0.2) is 21.8 Å². The number of ketones is 1. The molecule has 0 bridgehead atoms. The van der Waals surface area contributed by atoms with Crippen LogP contribution in [0.5, 0.6) is 0 Å². The lowest BCUT2D eigenvalue weighted by atomic mass is 9.80. The van der Waals surface area contributed by atoms with Crippen LogP contribution in [-0.2, 0) is 12.8 Å². The van der Waals surface area contributed by atoms with E-state index in [0.717, 1.165) is 48.6 Å². The number of nitrogens with zero attached hydrogens (tertiary/aromatic N) is 2. The van der Waals surface area contributed by atoms with Crippen LogP contribution in [0.3, 0.4) is 0 Å². The highest BCUT2D eigenvalue weighted by atomic mass is 16.1. The van der Waals surface area contributed by atoms with Crippen LogP contribution >= 0.6 is 0 Å². The molecule has 4 rings (SSSR count). The Morgan fingerprint density at radius 1 is 1.21 bits per heavy atom. The summed E-state index contributed by atoms with van der Waals surface area (Å²) in [5, 5.41) is 0.953. The van der Waals surface area contributed by atoms with Crippen LogP contribution in [0.1, 0.15) is 65.7 Å². The molecule has 0 spiro atoms. The Morgan fingerprint density at radius 2 is 2.07 bits per heavy atom. The number of benzene rings is 1. The van der Waals surface area contributed by atoms with Crippen LogP contribution in [0.15, 0.2) is 42.7 Å². The lowest BCUT2D eigenvalue weighted by molar-refractivity contribution is 0.0989. The van der Waals surface area contributed by atoms with E-state index in [9.17, 15) is 4.79 Å². The van der Waals surface area contributed by atoms with Crippen LogP contribution in [0, 0.1) is 0 Å². The average Bonchev–Trinajstić information content (AvgIpc) is 2.73. The molecule has 150 valence electrons. The van der Waals surface area contributed by atoms with Crippen LogP contribution in [0.25, 0.3) is 10.9 Å².